The molecular formula is C34H37FN4O6. The van der Waals surface area contributed by atoms with E-state index < -0.39 is 34.7 Å². The summed E-state index contributed by atoms with van der Waals surface area (Å²) in [4.78, 5) is 49.9. The molecule has 0 aliphatic carbocycles. The molecule has 0 saturated carbocycles. The Bertz CT molecular complexity index is 1920. The topological polar surface area (TPSA) is 121 Å². The second-order valence-corrected chi connectivity index (χ2v) is 11.7. The smallest absolute Gasteiger partial charge is 0.407 e. The number of aromatic nitrogens is 2. The molecule has 0 fully saturated rings. The summed E-state index contributed by atoms with van der Waals surface area (Å²) in [6.07, 6.45) is 0.557. The zero-order valence-electron chi connectivity index (χ0n) is 26.6. The van der Waals surface area contributed by atoms with Crippen molar-refractivity contribution in [3.8, 4) is 28.0 Å². The predicted octanol–water partition coefficient (Wildman–Crippen LogP) is 5.46. The second kappa shape index (κ2) is 12.8. The minimum atomic E-state index is -0.692. The SMILES string of the molecule is COc1cc(-c2cccc(-c3cccc(NC(=O)c4cn(C)c(=O)n(C)c4=O)c3C)c2C)cc(F)c1CNC(=O)OC(C)(C)C. The van der Waals surface area contributed by atoms with Gasteiger partial charge in [-0.2, -0.15) is 0 Å². The monoisotopic (exact) mass is 616 g/mol. The highest BCUT2D eigenvalue weighted by Crippen LogP contribution is 2.37. The van der Waals surface area contributed by atoms with Crippen LogP contribution >= 0.6 is 0 Å². The van der Waals surface area contributed by atoms with E-state index >= 15 is 4.39 Å². The number of ether oxygens (including phenoxy) is 2. The molecule has 0 bridgehead atoms. The number of methoxy groups -OCH3 is 1. The normalized spacial score (nSPS) is 11.2. The molecule has 2 amide bonds. The van der Waals surface area contributed by atoms with Gasteiger partial charge < -0.3 is 24.7 Å². The number of anilines is 1. The summed E-state index contributed by atoms with van der Waals surface area (Å²) >= 11 is 0. The Hall–Kier alpha value is -5.19. The lowest BCUT2D eigenvalue weighted by Crippen LogP contribution is -2.40. The average Bonchev–Trinajstić information content (AvgIpc) is 2.97. The van der Waals surface area contributed by atoms with Gasteiger partial charge in [0.25, 0.3) is 11.5 Å². The van der Waals surface area contributed by atoms with Crippen molar-refractivity contribution in [2.45, 2.75) is 46.8 Å². The molecule has 10 nitrogen and oxygen atoms in total. The van der Waals surface area contributed by atoms with Crippen LogP contribution in [0.1, 0.15) is 47.8 Å². The number of hydrogen-bond donors (Lipinski definition) is 2. The quantitative estimate of drug-likeness (QED) is 0.285. The Morgan fingerprint density at radius 1 is 0.933 bits per heavy atom. The second-order valence-electron chi connectivity index (χ2n) is 11.7. The molecule has 0 unspecified atom stereocenters. The van der Waals surface area contributed by atoms with Crippen molar-refractivity contribution < 1.29 is 23.5 Å². The number of carbonyl (C=O) groups excluding carboxylic acids is 2. The lowest BCUT2D eigenvalue weighted by atomic mass is 9.90. The molecule has 1 aromatic heterocycles. The Morgan fingerprint density at radius 3 is 2.20 bits per heavy atom. The summed E-state index contributed by atoms with van der Waals surface area (Å²) in [5, 5.41) is 5.38. The van der Waals surface area contributed by atoms with E-state index in [2.05, 4.69) is 10.6 Å². The van der Waals surface area contributed by atoms with Crippen LogP contribution in [-0.4, -0.2) is 33.8 Å². The van der Waals surface area contributed by atoms with E-state index in [9.17, 15) is 19.2 Å². The fourth-order valence-corrected chi connectivity index (χ4v) is 5.05. The summed E-state index contributed by atoms with van der Waals surface area (Å²) in [5.41, 5.74) is 3.24. The molecule has 4 aromatic rings. The van der Waals surface area contributed by atoms with Gasteiger partial charge in [0.1, 0.15) is 22.7 Å². The molecule has 0 radical (unpaired) electrons. The Balaban J connectivity index is 1.67. The van der Waals surface area contributed by atoms with E-state index in [1.54, 1.807) is 39.0 Å². The van der Waals surface area contributed by atoms with Crippen molar-refractivity contribution in [2.24, 2.45) is 14.1 Å². The highest BCUT2D eigenvalue weighted by molar-refractivity contribution is 6.04. The average molecular weight is 617 g/mol. The maximum absolute atomic E-state index is 15.5. The Kier molecular flexibility index (Phi) is 9.31. The maximum atomic E-state index is 15.5. The van der Waals surface area contributed by atoms with Crippen molar-refractivity contribution in [3.63, 3.8) is 0 Å². The van der Waals surface area contributed by atoms with Gasteiger partial charge in [-0.15, -0.1) is 0 Å². The van der Waals surface area contributed by atoms with Gasteiger partial charge in [-0.25, -0.2) is 14.0 Å². The first-order chi connectivity index (χ1) is 21.1. The van der Waals surface area contributed by atoms with Crippen LogP contribution in [0.15, 0.2) is 64.3 Å². The largest absolute Gasteiger partial charge is 0.496 e. The minimum Gasteiger partial charge on any atom is -0.496 e. The minimum absolute atomic E-state index is 0.119. The molecule has 1 heterocycles. The molecule has 11 heteroatoms. The number of benzene rings is 3. The van der Waals surface area contributed by atoms with Gasteiger partial charge in [-0.3, -0.25) is 14.2 Å². The van der Waals surface area contributed by atoms with E-state index in [-0.39, 0.29) is 23.4 Å². The number of nitrogens with zero attached hydrogens (tertiary/aromatic N) is 2. The molecule has 0 aliphatic heterocycles. The zero-order valence-corrected chi connectivity index (χ0v) is 26.6. The van der Waals surface area contributed by atoms with E-state index in [0.29, 0.717) is 11.3 Å². The van der Waals surface area contributed by atoms with Crippen LogP contribution in [0.4, 0.5) is 14.9 Å². The molecule has 45 heavy (non-hydrogen) atoms. The Morgan fingerprint density at radius 2 is 1.56 bits per heavy atom. The molecule has 2 N–H and O–H groups in total. The fraction of sp³-hybridized carbons (Fsp3) is 0.294. The van der Waals surface area contributed by atoms with Crippen LogP contribution in [0.5, 0.6) is 5.75 Å². The number of alkyl carbamates (subject to hydrolysis) is 1. The first-order valence-corrected chi connectivity index (χ1v) is 14.2. The first kappa shape index (κ1) is 32.7. The van der Waals surface area contributed by atoms with Gasteiger partial charge in [-0.05, 0) is 86.2 Å². The molecule has 3 aromatic carbocycles. The predicted molar refractivity (Wildman–Crippen MR) is 171 cm³/mol. The summed E-state index contributed by atoms with van der Waals surface area (Å²) in [6.45, 7) is 8.88. The van der Waals surface area contributed by atoms with E-state index in [1.807, 2.05) is 38.1 Å². The van der Waals surface area contributed by atoms with Gasteiger partial charge in [0, 0.05) is 31.5 Å². The van der Waals surface area contributed by atoms with Crippen molar-refractivity contribution in [2.75, 3.05) is 12.4 Å². The molecule has 4 rings (SSSR count). The summed E-state index contributed by atoms with van der Waals surface area (Å²) < 4.78 is 28.3. The number of aryl methyl sites for hydroxylation is 1. The number of rotatable bonds is 7. The summed E-state index contributed by atoms with van der Waals surface area (Å²) in [6, 6.07) is 14.2. The van der Waals surface area contributed by atoms with Crippen molar-refractivity contribution in [1.29, 1.82) is 0 Å². The van der Waals surface area contributed by atoms with Crippen LogP contribution in [0, 0.1) is 19.7 Å². The number of hydrogen-bond acceptors (Lipinski definition) is 6. The maximum Gasteiger partial charge on any atom is 0.407 e. The molecule has 0 atom stereocenters. The number of amides is 2. The van der Waals surface area contributed by atoms with Gasteiger partial charge in [0.2, 0.25) is 0 Å². The molecule has 236 valence electrons. The fourth-order valence-electron chi connectivity index (χ4n) is 5.05. The molecule has 0 aliphatic rings. The summed E-state index contributed by atoms with van der Waals surface area (Å²) in [7, 11) is 4.22. The third-order valence-corrected chi connectivity index (χ3v) is 7.39. The number of halogens is 1. The number of nitrogens with one attached hydrogen (secondary N) is 2. The van der Waals surface area contributed by atoms with E-state index in [4.69, 9.17) is 9.47 Å². The van der Waals surface area contributed by atoms with Gasteiger partial charge in [0.15, 0.2) is 0 Å². The summed E-state index contributed by atoms with van der Waals surface area (Å²) in [5.74, 6) is -0.910. The third-order valence-electron chi connectivity index (χ3n) is 7.39. The lowest BCUT2D eigenvalue weighted by Gasteiger charge is -2.20. The molecular weight excluding hydrogens is 579 g/mol. The highest BCUT2D eigenvalue weighted by atomic mass is 19.1. The van der Waals surface area contributed by atoms with E-state index in [1.165, 1.54) is 38.0 Å². The first-order valence-electron chi connectivity index (χ1n) is 14.2. The van der Waals surface area contributed by atoms with Crippen molar-refractivity contribution >= 4 is 17.7 Å². The van der Waals surface area contributed by atoms with E-state index in [0.717, 1.165) is 32.4 Å². The van der Waals surface area contributed by atoms with Gasteiger partial charge >= 0.3 is 11.8 Å². The van der Waals surface area contributed by atoms with Crippen LogP contribution in [-0.2, 0) is 25.4 Å². The Labute approximate surface area is 260 Å². The highest BCUT2D eigenvalue weighted by Gasteiger charge is 2.21. The van der Waals surface area contributed by atoms with Crippen LogP contribution in [0.3, 0.4) is 0 Å². The van der Waals surface area contributed by atoms with Crippen molar-refractivity contribution in [3.05, 3.63) is 104 Å². The lowest BCUT2D eigenvalue weighted by molar-refractivity contribution is 0.0522. The standard InChI is InChI=1S/C34H37FN4O6/c1-19-22(21-15-27(35)25(29(16-21)44-8)17-36-32(42)45-34(3,4)5)11-9-12-23(19)24-13-10-14-28(20(24)2)37-30(40)26-18-38(6)33(43)39(7)31(26)41/h9-16,18H,17H2,1-8H3,(H,36,42)(H,37,40). The van der Waals surface area contributed by atoms with Crippen LogP contribution < -0.4 is 26.6 Å². The molecule has 0 saturated heterocycles. The van der Waals surface area contributed by atoms with Gasteiger partial charge in [-0.1, -0.05) is 30.3 Å². The van der Waals surface area contributed by atoms with Gasteiger partial charge in [0.05, 0.1) is 13.7 Å². The zero-order chi connectivity index (χ0) is 33.2. The van der Waals surface area contributed by atoms with Crippen LogP contribution in [0.2, 0.25) is 0 Å². The molecule has 0 spiro atoms. The number of carbonyl (C=O) groups is 2. The third kappa shape index (κ3) is 6.98. The van der Waals surface area contributed by atoms with Crippen LogP contribution in [0.25, 0.3) is 22.3 Å². The van der Waals surface area contributed by atoms with Crippen molar-refractivity contribution in [1.82, 2.24) is 14.5 Å².